The van der Waals surface area contributed by atoms with Crippen LogP contribution in [0.1, 0.15) is 30.5 Å². The molecule has 67 heavy (non-hydrogen) atoms. The van der Waals surface area contributed by atoms with Crippen LogP contribution in [-0.2, 0) is 5.41 Å². The van der Waals surface area contributed by atoms with Gasteiger partial charge in [-0.2, -0.15) is 0 Å². The number of hydrogen-bond acceptors (Lipinski definition) is 3. The van der Waals surface area contributed by atoms with Gasteiger partial charge in [-0.1, -0.05) is 153 Å². The van der Waals surface area contributed by atoms with Crippen LogP contribution >= 0.6 is 0 Å². The van der Waals surface area contributed by atoms with Crippen molar-refractivity contribution >= 4 is 95.9 Å². The van der Waals surface area contributed by atoms with Crippen molar-refractivity contribution in [3.63, 3.8) is 0 Å². The highest BCUT2D eigenvalue weighted by Gasteiger charge is 2.49. The molecule has 3 aliphatic rings. The summed E-state index contributed by atoms with van der Waals surface area (Å²) in [6.45, 7) is 6.97. The van der Waals surface area contributed by atoms with E-state index in [1.165, 1.54) is 94.1 Å². The molecule has 5 heteroatoms. The van der Waals surface area contributed by atoms with E-state index in [-0.39, 0.29) is 12.3 Å². The zero-order valence-corrected chi connectivity index (χ0v) is 37.7. The molecule has 0 unspecified atom stereocenters. The van der Waals surface area contributed by atoms with Gasteiger partial charge in [0.15, 0.2) is 0 Å². The van der Waals surface area contributed by atoms with Crippen LogP contribution in [0.2, 0.25) is 0 Å². The van der Waals surface area contributed by atoms with Gasteiger partial charge in [-0.15, -0.1) is 0 Å². The molecule has 4 nitrogen and oxygen atoms in total. The Balaban J connectivity index is 1.18. The van der Waals surface area contributed by atoms with Crippen LogP contribution in [0.5, 0.6) is 0 Å². The van der Waals surface area contributed by atoms with Gasteiger partial charge in [0, 0.05) is 67.2 Å². The molecule has 0 bridgehead atoms. The maximum absolute atomic E-state index is 2.70. The highest BCUT2D eigenvalue weighted by molar-refractivity contribution is 6.94. The molecule has 0 amide bonds. The zero-order valence-electron chi connectivity index (χ0n) is 37.7. The van der Waals surface area contributed by atoms with Gasteiger partial charge >= 0.3 is 6.85 Å². The molecule has 316 valence electrons. The number of rotatable bonds is 7. The van der Waals surface area contributed by atoms with Gasteiger partial charge in [0.25, 0.3) is 0 Å². The van der Waals surface area contributed by atoms with E-state index in [9.17, 15) is 0 Å². The lowest BCUT2D eigenvalue weighted by atomic mass is 9.43. The monoisotopic (exact) mass is 856 g/mol. The molecular weight excluding hydrogens is 812 g/mol. The zero-order chi connectivity index (χ0) is 44.5. The normalized spacial score (nSPS) is 13.7. The number of para-hydroxylation sites is 5. The van der Waals surface area contributed by atoms with Crippen LogP contribution in [0, 0.1) is 6.92 Å². The minimum absolute atomic E-state index is 0.126. The number of aromatic nitrogens is 1. The molecule has 0 spiro atoms. The molecule has 0 saturated carbocycles. The average molecular weight is 857 g/mol. The van der Waals surface area contributed by atoms with Gasteiger partial charge < -0.3 is 19.2 Å². The van der Waals surface area contributed by atoms with Crippen molar-refractivity contribution in [3.8, 4) is 16.8 Å². The minimum Gasteiger partial charge on any atom is -0.376 e. The summed E-state index contributed by atoms with van der Waals surface area (Å²) in [5.74, 6) is 0. The summed E-state index contributed by atoms with van der Waals surface area (Å²) in [7, 11) is 0. The molecule has 4 heterocycles. The quantitative estimate of drug-likeness (QED) is 0.148. The average Bonchev–Trinajstić information content (AvgIpc) is 3.71. The van der Waals surface area contributed by atoms with Gasteiger partial charge in [-0.25, -0.2) is 0 Å². The predicted octanol–water partition coefficient (Wildman–Crippen LogP) is 15.1. The number of aryl methyl sites for hydroxylation is 1. The van der Waals surface area contributed by atoms with Crippen LogP contribution in [-0.4, -0.2) is 11.4 Å². The maximum Gasteiger partial charge on any atom is 0.333 e. The van der Waals surface area contributed by atoms with E-state index in [2.05, 4.69) is 258 Å². The van der Waals surface area contributed by atoms with E-state index in [1.54, 1.807) is 0 Å². The summed E-state index contributed by atoms with van der Waals surface area (Å²) in [5.41, 5.74) is 21.8. The SMILES string of the molecule is Cc1ccc(N2B3c4cccc5c4-n4c6c(c7ccccc7cc6c6c(N(c7ccccc7)c7ccccc7)cc(c3c64)-c3ccc(N(c4ccccc4)c4ccccc4)cc32)C5(C)C)cc1. The molecule has 0 saturated heterocycles. The van der Waals surface area contributed by atoms with Crippen LogP contribution in [0.3, 0.4) is 0 Å². The number of nitrogens with zero attached hydrogens (tertiary/aromatic N) is 4. The van der Waals surface area contributed by atoms with Crippen molar-refractivity contribution in [2.24, 2.45) is 0 Å². The molecule has 0 N–H and O–H groups in total. The topological polar surface area (TPSA) is 14.7 Å². The Labute approximate surface area is 391 Å². The van der Waals surface area contributed by atoms with Gasteiger partial charge in [0.05, 0.1) is 16.7 Å². The van der Waals surface area contributed by atoms with Crippen molar-refractivity contribution in [3.05, 3.63) is 235 Å². The standard InChI is InChI=1S/C62H45BN4/c1-40-31-33-46(34-32-40)67-54-38-47(64(42-20-8-4-9-21-42)43-22-10-5-11-23-43)35-36-49(54)50-39-55(65(44-24-12-6-13-25-44)45-26-14-7-15-27-45)56-51-37-41-19-16-17-28-48(41)57-59(51)66-60-52(62(57,2)3)29-18-30-53(60)63(67)58(50)61(56)66/h4-39H,1-3H3. The lowest BCUT2D eigenvalue weighted by Crippen LogP contribution is -2.61. The highest BCUT2D eigenvalue weighted by Crippen LogP contribution is 2.56. The van der Waals surface area contributed by atoms with E-state index in [4.69, 9.17) is 0 Å². The molecule has 3 aliphatic heterocycles. The van der Waals surface area contributed by atoms with Crippen LogP contribution in [0.25, 0.3) is 49.4 Å². The molecule has 1 aromatic heterocycles. The molecule has 0 atom stereocenters. The Morgan fingerprint density at radius 3 is 1.72 bits per heavy atom. The third-order valence-corrected chi connectivity index (χ3v) is 14.9. The number of hydrogen-bond donors (Lipinski definition) is 0. The van der Waals surface area contributed by atoms with Gasteiger partial charge in [-0.05, 0) is 130 Å². The van der Waals surface area contributed by atoms with Crippen LogP contribution in [0.4, 0.5) is 45.5 Å². The number of fused-ring (bicyclic) bond motifs is 6. The van der Waals surface area contributed by atoms with Crippen LogP contribution < -0.4 is 25.5 Å². The second-order valence-corrected chi connectivity index (χ2v) is 19.0. The third-order valence-electron chi connectivity index (χ3n) is 14.9. The van der Waals surface area contributed by atoms with E-state index in [0.717, 1.165) is 28.4 Å². The smallest absolute Gasteiger partial charge is 0.333 e. The predicted molar refractivity (Wildman–Crippen MR) is 284 cm³/mol. The fraction of sp³-hybridized carbons (Fsp3) is 0.0645. The summed E-state index contributed by atoms with van der Waals surface area (Å²) in [6, 6.07) is 81.0. The molecular formula is C62H45BN4. The summed E-state index contributed by atoms with van der Waals surface area (Å²) >= 11 is 0. The first-order valence-corrected chi connectivity index (χ1v) is 23.5. The van der Waals surface area contributed by atoms with E-state index in [1.807, 2.05) is 0 Å². The Bertz CT molecular complexity index is 3710. The summed E-state index contributed by atoms with van der Waals surface area (Å²) in [4.78, 5) is 7.55. The van der Waals surface area contributed by atoms with E-state index in [0.29, 0.717) is 0 Å². The lowest BCUT2D eigenvalue weighted by Gasteiger charge is -2.45. The third kappa shape index (κ3) is 5.31. The van der Waals surface area contributed by atoms with Crippen molar-refractivity contribution in [1.82, 2.24) is 4.57 Å². The first-order valence-electron chi connectivity index (χ1n) is 23.5. The fourth-order valence-corrected chi connectivity index (χ4v) is 12.1. The fourth-order valence-electron chi connectivity index (χ4n) is 12.1. The maximum atomic E-state index is 2.70. The molecule has 0 radical (unpaired) electrons. The highest BCUT2D eigenvalue weighted by atomic mass is 15.2. The largest absolute Gasteiger partial charge is 0.376 e. The Hall–Kier alpha value is -8.28. The van der Waals surface area contributed by atoms with E-state index >= 15 is 0 Å². The molecule has 10 aromatic carbocycles. The summed E-state index contributed by atoms with van der Waals surface area (Å²) in [6.07, 6.45) is 0. The van der Waals surface area contributed by atoms with Crippen molar-refractivity contribution in [2.45, 2.75) is 26.2 Å². The molecule has 14 rings (SSSR count). The van der Waals surface area contributed by atoms with Crippen molar-refractivity contribution < 1.29 is 0 Å². The Morgan fingerprint density at radius 1 is 0.478 bits per heavy atom. The second-order valence-electron chi connectivity index (χ2n) is 19.0. The minimum atomic E-state index is -0.297. The van der Waals surface area contributed by atoms with Gasteiger partial charge in [0.2, 0.25) is 0 Å². The second kappa shape index (κ2) is 14.1. The van der Waals surface area contributed by atoms with Gasteiger partial charge in [-0.3, -0.25) is 0 Å². The lowest BCUT2D eigenvalue weighted by molar-refractivity contribution is 0.637. The molecule has 0 aliphatic carbocycles. The summed E-state index contributed by atoms with van der Waals surface area (Å²) in [5, 5.41) is 5.15. The van der Waals surface area contributed by atoms with E-state index < -0.39 is 0 Å². The van der Waals surface area contributed by atoms with Crippen molar-refractivity contribution in [1.29, 1.82) is 0 Å². The number of anilines is 8. The first-order chi connectivity index (χ1) is 33.0. The van der Waals surface area contributed by atoms with Gasteiger partial charge in [0.1, 0.15) is 0 Å². The summed E-state index contributed by atoms with van der Waals surface area (Å²) < 4.78 is 2.70. The molecule has 11 aromatic rings. The number of benzene rings is 10. The Morgan fingerprint density at radius 2 is 1.07 bits per heavy atom. The first kappa shape index (κ1) is 38.0. The van der Waals surface area contributed by atoms with Crippen molar-refractivity contribution in [2.75, 3.05) is 14.6 Å². The van der Waals surface area contributed by atoms with Crippen LogP contribution in [0.15, 0.2) is 218 Å². The molecule has 0 fully saturated rings. The Kier molecular flexibility index (Phi) is 8.01.